The van der Waals surface area contributed by atoms with Gasteiger partial charge in [-0.15, -0.1) is 81.2 Å². The number of rotatable bonds is 0. The molecule has 0 saturated heterocycles. The van der Waals surface area contributed by atoms with Crippen LogP contribution in [0.25, 0.3) is 21.5 Å². The van der Waals surface area contributed by atoms with Crippen LogP contribution in [0.2, 0.25) is 0 Å². The molecule has 0 bridgehead atoms. The Balaban J connectivity index is 0.000000372. The molecule has 0 saturated carbocycles. The molecule has 0 aromatic heterocycles. The summed E-state index contributed by atoms with van der Waals surface area (Å²) in [7, 11) is 0. The molecule has 0 heterocycles. The Morgan fingerprint density at radius 3 is 1.33 bits per heavy atom. The average Bonchev–Trinajstić information content (AvgIpc) is 3.10. The van der Waals surface area contributed by atoms with Crippen LogP contribution in [0.1, 0.15) is 11.1 Å². The van der Waals surface area contributed by atoms with E-state index < -0.39 is 0 Å². The molecule has 0 aliphatic carbocycles. The van der Waals surface area contributed by atoms with E-state index >= 15 is 0 Å². The van der Waals surface area contributed by atoms with Crippen LogP contribution in [0.15, 0.2) is 72.8 Å². The minimum atomic E-state index is 0. The first-order chi connectivity index (χ1) is 10.7. The monoisotopic (exact) mass is 406 g/mol. The molecule has 0 atom stereocenters. The van der Waals surface area contributed by atoms with Crippen LogP contribution in [0.4, 0.5) is 0 Å². The van der Waals surface area contributed by atoms with E-state index in [4.69, 9.17) is 0 Å². The van der Waals surface area contributed by atoms with Crippen molar-refractivity contribution in [2.75, 3.05) is 0 Å². The number of aryl methyl sites for hydroxylation is 2. The van der Waals surface area contributed by atoms with Crippen LogP contribution in [-0.4, -0.2) is 6.88 Å². The third kappa shape index (κ3) is 6.00. The van der Waals surface area contributed by atoms with E-state index in [1.807, 2.05) is 0 Å². The van der Waals surface area contributed by atoms with Crippen LogP contribution >= 0.6 is 0 Å². The van der Waals surface area contributed by atoms with Crippen molar-refractivity contribution in [3.05, 3.63) is 98.8 Å². The third-order valence-electron chi connectivity index (χ3n) is 3.52. The summed E-state index contributed by atoms with van der Waals surface area (Å²) in [5, 5.41) is 5.39. The van der Waals surface area contributed by atoms with Crippen molar-refractivity contribution >= 4 is 28.4 Å². The zero-order valence-corrected chi connectivity index (χ0v) is 18.4. The second-order valence-corrected chi connectivity index (χ2v) is 5.32. The van der Waals surface area contributed by atoms with Gasteiger partial charge in [-0.05, 0) is 0 Å². The quantitative estimate of drug-likeness (QED) is 0.239. The normalized spacial score (nSPS) is 8.88. The van der Waals surface area contributed by atoms with Crippen LogP contribution in [0.3, 0.4) is 0 Å². The van der Waals surface area contributed by atoms with Crippen molar-refractivity contribution in [1.29, 1.82) is 0 Å². The molecule has 4 rings (SSSR count). The average molecular weight is 408 g/mol. The minimum absolute atomic E-state index is 0. The zero-order chi connectivity index (χ0) is 15.9. The Morgan fingerprint density at radius 1 is 0.667 bits per heavy atom. The Labute approximate surface area is 163 Å². The summed E-state index contributed by atoms with van der Waals surface area (Å²) in [4.78, 5) is 0. The van der Waals surface area contributed by atoms with E-state index in [1.54, 1.807) is 0 Å². The van der Waals surface area contributed by atoms with Gasteiger partial charge in [-0.2, -0.15) is 12.1 Å². The fourth-order valence-electron chi connectivity index (χ4n) is 2.61. The second-order valence-electron chi connectivity index (χ2n) is 5.32. The maximum absolute atomic E-state index is 3.06. The summed E-state index contributed by atoms with van der Waals surface area (Å²) in [6.07, 6.45) is 0. The molecule has 4 aromatic rings. The van der Waals surface area contributed by atoms with Gasteiger partial charge in [-0.1, -0.05) is 26.0 Å². The molecule has 0 N–H and O–H groups in total. The van der Waals surface area contributed by atoms with E-state index in [0.717, 1.165) is 0 Å². The number of hydrogen-bond donors (Lipinski definition) is 0. The zero-order valence-electron chi connectivity index (χ0n) is 14.9. The van der Waals surface area contributed by atoms with Crippen LogP contribution < -0.4 is 0 Å². The molecule has 0 unspecified atom stereocenters. The van der Waals surface area contributed by atoms with Gasteiger partial charge in [-0.3, -0.25) is 0 Å². The van der Waals surface area contributed by atoms with E-state index in [1.165, 1.54) is 56.0 Å². The predicted molar refractivity (Wildman–Crippen MR) is 107 cm³/mol. The van der Waals surface area contributed by atoms with Crippen LogP contribution in [0, 0.1) is 28.7 Å². The molecule has 0 nitrogen and oxygen atoms in total. The molecule has 24 heavy (non-hydrogen) atoms. The molecular formula is C22H24SiZr-4. The van der Waals surface area contributed by atoms with Gasteiger partial charge in [-0.25, -0.2) is 0 Å². The predicted octanol–water partition coefficient (Wildman–Crippen LogP) is 6.25. The number of benzene rings is 2. The van der Waals surface area contributed by atoms with Crippen molar-refractivity contribution < 1.29 is 23.3 Å². The van der Waals surface area contributed by atoms with Crippen molar-refractivity contribution in [3.63, 3.8) is 0 Å². The van der Waals surface area contributed by atoms with E-state index in [0.29, 0.717) is 0 Å². The summed E-state index contributed by atoms with van der Waals surface area (Å²) >= 11 is 1.36. The van der Waals surface area contributed by atoms with Gasteiger partial charge < -0.3 is 14.9 Å². The Morgan fingerprint density at radius 2 is 1.00 bits per heavy atom. The van der Waals surface area contributed by atoms with Crippen molar-refractivity contribution in [2.45, 2.75) is 13.8 Å². The van der Waals surface area contributed by atoms with Crippen molar-refractivity contribution in [3.8, 4) is 0 Å². The fraction of sp³-hybridized carbons (Fsp3) is 0.0909. The molecular weight excluding hydrogens is 384 g/mol. The van der Waals surface area contributed by atoms with Crippen LogP contribution in [-0.2, 0) is 23.3 Å². The molecule has 0 aliphatic rings. The Hall–Kier alpha value is -1.24. The Bertz CT molecular complexity index is 716. The molecule has 124 valence electrons. The second kappa shape index (κ2) is 11.3. The van der Waals surface area contributed by atoms with Gasteiger partial charge in [0.15, 0.2) is 0 Å². The topological polar surface area (TPSA) is 0 Å². The summed E-state index contributed by atoms with van der Waals surface area (Å²) in [6, 6.07) is 25.7. The van der Waals surface area contributed by atoms with E-state index in [-0.39, 0.29) is 14.9 Å². The molecule has 0 fully saturated rings. The van der Waals surface area contributed by atoms with Gasteiger partial charge in [0.25, 0.3) is 0 Å². The first kappa shape index (κ1) is 22.8. The first-order valence-electron chi connectivity index (χ1n) is 7.21. The molecule has 2 radical (unpaired) electrons. The molecule has 0 aliphatic heterocycles. The van der Waals surface area contributed by atoms with Gasteiger partial charge >= 0.3 is 30.2 Å². The maximum atomic E-state index is 3.06. The summed E-state index contributed by atoms with van der Waals surface area (Å²) in [5.41, 5.74) is 2.70. The summed E-state index contributed by atoms with van der Waals surface area (Å²) in [6.45, 7) is 7.31. The van der Waals surface area contributed by atoms with Gasteiger partial charge in [0.05, 0.1) is 0 Å². The molecule has 0 spiro atoms. The Kier molecular flexibility index (Phi) is 10.8. The summed E-state index contributed by atoms with van der Waals surface area (Å²) < 4.78 is 0. The SMILES string of the molecule is Cc1cc2ccccc2[cH-]1.Cc1cc2ccccc2[cH-]1.[CH3-].[CH3-].[Si]=[Zr]. The van der Waals surface area contributed by atoms with Gasteiger partial charge in [0.1, 0.15) is 0 Å². The molecule has 2 heteroatoms. The first-order valence-corrected chi connectivity index (χ1v) is 11.4. The standard InChI is InChI=1S/2C10H9.2CH3.Si.Zr/c2*1-8-6-9-4-2-3-5-10(9)7-8;;;;/h2*2-7H,1H3;2*1H3;;/q4*-1;;. The number of fused-ring (bicyclic) bond motifs is 2. The van der Waals surface area contributed by atoms with E-state index in [9.17, 15) is 0 Å². The van der Waals surface area contributed by atoms with Crippen LogP contribution in [0.5, 0.6) is 0 Å². The molecule has 4 aromatic carbocycles. The number of hydrogen-bond acceptors (Lipinski definition) is 0. The summed E-state index contributed by atoms with van der Waals surface area (Å²) in [5.74, 6) is 0. The van der Waals surface area contributed by atoms with Gasteiger partial charge in [0.2, 0.25) is 0 Å². The molecule has 0 amide bonds. The third-order valence-corrected chi connectivity index (χ3v) is 3.52. The van der Waals surface area contributed by atoms with Gasteiger partial charge in [0, 0.05) is 0 Å². The van der Waals surface area contributed by atoms with Crippen molar-refractivity contribution in [1.82, 2.24) is 0 Å². The fourth-order valence-corrected chi connectivity index (χ4v) is 2.61. The van der Waals surface area contributed by atoms with Crippen molar-refractivity contribution in [2.24, 2.45) is 0 Å². The van der Waals surface area contributed by atoms with E-state index in [2.05, 4.69) is 93.5 Å².